The topological polar surface area (TPSA) is 78.9 Å². The van der Waals surface area contributed by atoms with Crippen LogP contribution in [0.5, 0.6) is 0 Å². The Morgan fingerprint density at radius 3 is 0.968 bits per heavy atom. The molecule has 0 spiro atoms. The van der Waals surface area contributed by atoms with Gasteiger partial charge in [-0.3, -0.25) is 14.4 Å². The summed E-state index contributed by atoms with van der Waals surface area (Å²) in [5.74, 6) is -0.966. The maximum Gasteiger partial charge on any atom is 0.306 e. The molecule has 0 aliphatic heterocycles. The third-order valence-electron chi connectivity index (χ3n) is 10.6. The first kappa shape index (κ1) is 59.3. The predicted octanol–water partition coefficient (Wildman–Crippen LogP) is 17.0. The lowest BCUT2D eigenvalue weighted by Gasteiger charge is -2.18. The lowest BCUT2D eigenvalue weighted by atomic mass is 10.0. The van der Waals surface area contributed by atoms with E-state index in [1.165, 1.54) is 64.2 Å². The molecule has 1 unspecified atom stereocenters. The number of esters is 3. The molecule has 0 N–H and O–H groups in total. The van der Waals surface area contributed by atoms with Gasteiger partial charge in [-0.15, -0.1) is 0 Å². The van der Waals surface area contributed by atoms with Gasteiger partial charge >= 0.3 is 17.9 Å². The molecule has 0 saturated carbocycles. The van der Waals surface area contributed by atoms with Gasteiger partial charge in [0.05, 0.1) is 0 Å². The van der Waals surface area contributed by atoms with Crippen LogP contribution in [0.3, 0.4) is 0 Å². The second kappa shape index (κ2) is 51.0. The number of allylic oxidation sites excluding steroid dienone is 16. The molecule has 63 heavy (non-hydrogen) atoms. The summed E-state index contributed by atoms with van der Waals surface area (Å²) in [6.45, 7) is 6.35. The van der Waals surface area contributed by atoms with Crippen molar-refractivity contribution in [3.63, 3.8) is 0 Å². The van der Waals surface area contributed by atoms with E-state index in [1.54, 1.807) is 0 Å². The zero-order valence-corrected chi connectivity index (χ0v) is 40.8. The molecule has 0 rings (SSSR count). The number of hydrogen-bond donors (Lipinski definition) is 0. The van der Waals surface area contributed by atoms with E-state index in [4.69, 9.17) is 14.2 Å². The molecule has 0 amide bonds. The van der Waals surface area contributed by atoms with E-state index in [0.717, 1.165) is 122 Å². The number of rotatable bonds is 45. The zero-order chi connectivity index (χ0) is 45.8. The van der Waals surface area contributed by atoms with Crippen molar-refractivity contribution in [2.75, 3.05) is 13.2 Å². The SMILES string of the molecule is CC/C=C\C/C=C\C/C=C\C/C=C\CCCCCC(=O)OCC(COC(=O)CCCCCCCCCCCCCCC)OC(=O)CCCCC/C=C\C/C=C\C/C=C\C/C=C\CC. The molecule has 0 fully saturated rings. The van der Waals surface area contributed by atoms with E-state index < -0.39 is 6.10 Å². The van der Waals surface area contributed by atoms with Gasteiger partial charge < -0.3 is 14.2 Å². The molecule has 6 heteroatoms. The van der Waals surface area contributed by atoms with E-state index in [0.29, 0.717) is 12.8 Å². The fourth-order valence-corrected chi connectivity index (χ4v) is 6.78. The highest BCUT2D eigenvalue weighted by Gasteiger charge is 2.19. The summed E-state index contributed by atoms with van der Waals surface area (Å²) >= 11 is 0. The van der Waals surface area contributed by atoms with Gasteiger partial charge in [0.15, 0.2) is 6.10 Å². The first-order valence-electron chi connectivity index (χ1n) is 25.7. The van der Waals surface area contributed by atoms with Crippen LogP contribution in [0.15, 0.2) is 97.2 Å². The molecule has 0 saturated heterocycles. The van der Waals surface area contributed by atoms with Crippen molar-refractivity contribution in [3.8, 4) is 0 Å². The molecule has 0 aromatic rings. The molecule has 0 heterocycles. The van der Waals surface area contributed by atoms with Gasteiger partial charge in [-0.2, -0.15) is 0 Å². The average Bonchev–Trinajstić information content (AvgIpc) is 3.28. The Bertz CT molecular complexity index is 1280. The summed E-state index contributed by atoms with van der Waals surface area (Å²) < 4.78 is 16.7. The second-order valence-corrected chi connectivity index (χ2v) is 16.7. The second-order valence-electron chi connectivity index (χ2n) is 16.7. The van der Waals surface area contributed by atoms with Crippen LogP contribution >= 0.6 is 0 Å². The molecule has 6 nitrogen and oxygen atoms in total. The maximum absolute atomic E-state index is 12.8. The van der Waals surface area contributed by atoms with Gasteiger partial charge in [-0.1, -0.05) is 208 Å². The van der Waals surface area contributed by atoms with Crippen molar-refractivity contribution in [1.29, 1.82) is 0 Å². The van der Waals surface area contributed by atoms with Crippen LogP contribution in [0.4, 0.5) is 0 Å². The molecule has 0 aromatic carbocycles. The van der Waals surface area contributed by atoms with E-state index in [2.05, 4.69) is 118 Å². The molecule has 0 aliphatic rings. The quantitative estimate of drug-likeness (QED) is 0.0262. The summed E-state index contributed by atoms with van der Waals surface area (Å²) in [5.41, 5.74) is 0. The first-order chi connectivity index (χ1) is 31.0. The summed E-state index contributed by atoms with van der Waals surface area (Å²) in [5, 5.41) is 0. The summed E-state index contributed by atoms with van der Waals surface area (Å²) in [4.78, 5) is 38.0. The van der Waals surface area contributed by atoms with Gasteiger partial charge in [-0.05, 0) is 96.3 Å². The number of ether oxygens (including phenoxy) is 3. The Labute approximate surface area is 387 Å². The van der Waals surface area contributed by atoms with Crippen LogP contribution in [0, 0.1) is 0 Å². The molecule has 1 atom stereocenters. The van der Waals surface area contributed by atoms with Crippen LogP contribution in [-0.2, 0) is 28.6 Å². The highest BCUT2D eigenvalue weighted by atomic mass is 16.6. The van der Waals surface area contributed by atoms with E-state index >= 15 is 0 Å². The summed E-state index contributed by atoms with van der Waals surface area (Å²) in [7, 11) is 0. The Kier molecular flexibility index (Phi) is 48.0. The molecular formula is C57H94O6. The summed E-state index contributed by atoms with van der Waals surface area (Å²) in [6, 6.07) is 0. The first-order valence-corrected chi connectivity index (χ1v) is 25.7. The third kappa shape index (κ3) is 49.2. The van der Waals surface area contributed by atoms with Crippen molar-refractivity contribution in [2.45, 2.75) is 232 Å². The van der Waals surface area contributed by atoms with E-state index in [1.807, 2.05) is 0 Å². The molecule has 358 valence electrons. The van der Waals surface area contributed by atoms with Gasteiger partial charge in [0.25, 0.3) is 0 Å². The van der Waals surface area contributed by atoms with Gasteiger partial charge in [-0.25, -0.2) is 0 Å². The Morgan fingerprint density at radius 1 is 0.333 bits per heavy atom. The van der Waals surface area contributed by atoms with Crippen molar-refractivity contribution in [1.82, 2.24) is 0 Å². The van der Waals surface area contributed by atoms with Crippen LogP contribution in [0.25, 0.3) is 0 Å². The smallest absolute Gasteiger partial charge is 0.306 e. The maximum atomic E-state index is 12.8. The van der Waals surface area contributed by atoms with Crippen LogP contribution < -0.4 is 0 Å². The molecule has 0 aromatic heterocycles. The van der Waals surface area contributed by atoms with Gasteiger partial charge in [0.1, 0.15) is 13.2 Å². The highest BCUT2D eigenvalue weighted by molar-refractivity contribution is 5.71. The Balaban J connectivity index is 4.51. The molecule has 0 bridgehead atoms. The van der Waals surface area contributed by atoms with E-state index in [9.17, 15) is 14.4 Å². The fourth-order valence-electron chi connectivity index (χ4n) is 6.78. The lowest BCUT2D eigenvalue weighted by Crippen LogP contribution is -2.30. The Hall–Kier alpha value is -3.67. The van der Waals surface area contributed by atoms with Crippen molar-refractivity contribution < 1.29 is 28.6 Å². The van der Waals surface area contributed by atoms with Gasteiger partial charge in [0.2, 0.25) is 0 Å². The lowest BCUT2D eigenvalue weighted by molar-refractivity contribution is -0.167. The van der Waals surface area contributed by atoms with Crippen LogP contribution in [-0.4, -0.2) is 37.2 Å². The van der Waals surface area contributed by atoms with Crippen molar-refractivity contribution >= 4 is 17.9 Å². The number of carbonyl (C=O) groups excluding carboxylic acids is 3. The minimum atomic E-state index is -0.806. The molecule has 0 radical (unpaired) electrons. The normalized spacial score (nSPS) is 12.9. The van der Waals surface area contributed by atoms with Crippen molar-refractivity contribution in [3.05, 3.63) is 97.2 Å². The highest BCUT2D eigenvalue weighted by Crippen LogP contribution is 2.14. The third-order valence-corrected chi connectivity index (χ3v) is 10.6. The standard InChI is InChI=1S/C57H94O6/c1-4-7-10-13-16-19-22-25-27-29-32-35-38-41-44-47-50-56(59)62-53-54(52-61-55(58)49-46-43-40-37-34-31-24-21-18-15-12-9-6-3)63-57(60)51-48-45-42-39-36-33-30-28-26-23-20-17-14-11-8-5-2/h7-8,10-11,16-17,19-20,25-28,32-33,35-36,54H,4-6,9,12-15,18,21-24,29-31,34,37-53H2,1-3H3/b10-7-,11-8-,19-16-,20-17-,27-25-,28-26-,35-32-,36-33-. The number of hydrogen-bond acceptors (Lipinski definition) is 6. The van der Waals surface area contributed by atoms with Crippen LogP contribution in [0.1, 0.15) is 226 Å². The molecular weight excluding hydrogens is 781 g/mol. The minimum Gasteiger partial charge on any atom is -0.462 e. The number of carbonyl (C=O) groups is 3. The van der Waals surface area contributed by atoms with Gasteiger partial charge in [0, 0.05) is 19.3 Å². The summed E-state index contributed by atoms with van der Waals surface area (Å²) in [6.07, 6.45) is 66.7. The predicted molar refractivity (Wildman–Crippen MR) is 270 cm³/mol. The monoisotopic (exact) mass is 875 g/mol. The Morgan fingerprint density at radius 2 is 0.619 bits per heavy atom. The zero-order valence-electron chi connectivity index (χ0n) is 40.8. The van der Waals surface area contributed by atoms with Crippen LogP contribution in [0.2, 0.25) is 0 Å². The molecule has 0 aliphatic carbocycles. The fraction of sp³-hybridized carbons (Fsp3) is 0.667. The minimum absolute atomic E-state index is 0.100. The largest absolute Gasteiger partial charge is 0.462 e. The van der Waals surface area contributed by atoms with Crippen molar-refractivity contribution in [2.24, 2.45) is 0 Å². The van der Waals surface area contributed by atoms with E-state index in [-0.39, 0.29) is 37.5 Å². The average molecular weight is 875 g/mol. The number of unbranched alkanes of at least 4 members (excludes halogenated alkanes) is 18.